The summed E-state index contributed by atoms with van der Waals surface area (Å²) in [6.07, 6.45) is 1.72. The van der Waals surface area contributed by atoms with Crippen LogP contribution in [0.3, 0.4) is 0 Å². The zero-order valence-corrected chi connectivity index (χ0v) is 8.21. The Kier molecular flexibility index (Phi) is 4.64. The second-order valence-corrected chi connectivity index (χ2v) is 2.55. The highest BCUT2D eigenvalue weighted by molar-refractivity contribution is 6.16. The van der Waals surface area contributed by atoms with Crippen molar-refractivity contribution in [3.8, 4) is 6.08 Å². The van der Waals surface area contributed by atoms with E-state index in [1.54, 1.807) is 0 Å². The lowest BCUT2D eigenvalue weighted by Gasteiger charge is -2.00. The molecule has 1 heterocycles. The summed E-state index contributed by atoms with van der Waals surface area (Å²) in [6.45, 7) is 3.59. The summed E-state index contributed by atoms with van der Waals surface area (Å²) in [4.78, 5) is 3.95. The van der Waals surface area contributed by atoms with E-state index in [4.69, 9.17) is 25.5 Å². The van der Waals surface area contributed by atoms with E-state index in [1.807, 2.05) is 6.92 Å². The number of ether oxygens (including phenoxy) is 2. The van der Waals surface area contributed by atoms with Crippen LogP contribution in [0.5, 0.6) is 6.08 Å². The molecule has 0 aliphatic heterocycles. The zero-order chi connectivity index (χ0) is 9.52. The molecule has 0 spiro atoms. The third kappa shape index (κ3) is 3.65. The normalized spacial score (nSPS) is 10.3. The van der Waals surface area contributed by atoms with E-state index in [1.165, 1.54) is 6.26 Å². The van der Waals surface area contributed by atoms with Crippen LogP contribution in [0, 0.1) is 0 Å². The predicted molar refractivity (Wildman–Crippen MR) is 48.0 cm³/mol. The summed E-state index contributed by atoms with van der Waals surface area (Å²) in [5, 5.41) is 0. The average Bonchev–Trinajstić information content (AvgIpc) is 2.60. The molecule has 0 fully saturated rings. The minimum absolute atomic E-state index is 0.246. The second-order valence-electron chi connectivity index (χ2n) is 2.28. The Morgan fingerprint density at radius 2 is 2.38 bits per heavy atom. The quantitative estimate of drug-likeness (QED) is 0.525. The second kappa shape index (κ2) is 5.83. The third-order valence-corrected chi connectivity index (χ3v) is 1.60. The van der Waals surface area contributed by atoms with Crippen molar-refractivity contribution in [3.63, 3.8) is 0 Å². The van der Waals surface area contributed by atoms with Gasteiger partial charge in [-0.3, -0.25) is 0 Å². The molecule has 0 bridgehead atoms. The molecule has 1 aromatic rings. The van der Waals surface area contributed by atoms with Crippen LogP contribution in [-0.2, 0) is 10.6 Å². The number of oxazole rings is 1. The Morgan fingerprint density at radius 1 is 1.54 bits per heavy atom. The molecule has 0 saturated heterocycles. The molecule has 0 amide bonds. The summed E-state index contributed by atoms with van der Waals surface area (Å²) < 4.78 is 15.2. The third-order valence-electron chi connectivity index (χ3n) is 1.32. The van der Waals surface area contributed by atoms with Crippen molar-refractivity contribution in [2.45, 2.75) is 12.8 Å². The van der Waals surface area contributed by atoms with Gasteiger partial charge < -0.3 is 13.9 Å². The van der Waals surface area contributed by atoms with Crippen molar-refractivity contribution in [1.82, 2.24) is 4.98 Å². The molecule has 4 nitrogen and oxygen atoms in total. The van der Waals surface area contributed by atoms with Crippen molar-refractivity contribution in [1.29, 1.82) is 0 Å². The molecule has 0 unspecified atom stereocenters. The van der Waals surface area contributed by atoms with Gasteiger partial charge in [0.1, 0.15) is 12.9 Å². The highest BCUT2D eigenvalue weighted by Crippen LogP contribution is 2.11. The maximum absolute atomic E-state index is 5.52. The van der Waals surface area contributed by atoms with Gasteiger partial charge in [-0.1, -0.05) is 0 Å². The first-order chi connectivity index (χ1) is 6.36. The van der Waals surface area contributed by atoms with Crippen molar-refractivity contribution in [2.24, 2.45) is 0 Å². The molecule has 1 rings (SSSR count). The number of hydrogen-bond acceptors (Lipinski definition) is 4. The summed E-state index contributed by atoms with van der Waals surface area (Å²) in [6, 6.07) is 0. The van der Waals surface area contributed by atoms with Crippen molar-refractivity contribution in [2.75, 3.05) is 19.8 Å². The van der Waals surface area contributed by atoms with E-state index in [-0.39, 0.29) is 6.08 Å². The largest absolute Gasteiger partial charge is 0.448 e. The Labute approximate surface area is 81.8 Å². The smallest absolute Gasteiger partial charge is 0.393 e. The first kappa shape index (κ1) is 10.3. The van der Waals surface area contributed by atoms with Gasteiger partial charge in [0.2, 0.25) is 0 Å². The van der Waals surface area contributed by atoms with E-state index in [0.29, 0.717) is 31.4 Å². The molecule has 0 radical (unpaired) electrons. The van der Waals surface area contributed by atoms with Gasteiger partial charge in [0.25, 0.3) is 0 Å². The standard InChI is InChI=1S/C8H12ClNO3/c1-2-11-3-4-12-8-10-7(5-9)6-13-8/h6H,2-5H2,1H3. The lowest BCUT2D eigenvalue weighted by molar-refractivity contribution is 0.0965. The molecule has 5 heteroatoms. The lowest BCUT2D eigenvalue weighted by Crippen LogP contribution is -2.06. The summed E-state index contributed by atoms with van der Waals surface area (Å²) >= 11 is 5.52. The van der Waals surface area contributed by atoms with Crippen LogP contribution in [0.2, 0.25) is 0 Å². The summed E-state index contributed by atoms with van der Waals surface area (Å²) in [5.41, 5.74) is 0.674. The summed E-state index contributed by atoms with van der Waals surface area (Å²) in [5.74, 6) is 0.332. The number of aromatic nitrogens is 1. The fourth-order valence-electron chi connectivity index (χ4n) is 0.748. The molecular weight excluding hydrogens is 194 g/mol. The maximum atomic E-state index is 5.52. The number of rotatable bonds is 6. The van der Waals surface area contributed by atoms with Crippen LogP contribution in [-0.4, -0.2) is 24.8 Å². The first-order valence-electron chi connectivity index (χ1n) is 4.07. The van der Waals surface area contributed by atoms with E-state index in [0.717, 1.165) is 0 Å². The Balaban J connectivity index is 2.20. The highest BCUT2D eigenvalue weighted by atomic mass is 35.5. The minimum atomic E-state index is 0.246. The van der Waals surface area contributed by atoms with Gasteiger partial charge in [0, 0.05) is 6.61 Å². The topological polar surface area (TPSA) is 44.5 Å². The number of nitrogens with zero attached hydrogens (tertiary/aromatic N) is 1. The Morgan fingerprint density at radius 3 is 3.00 bits per heavy atom. The van der Waals surface area contributed by atoms with Gasteiger partial charge in [0.15, 0.2) is 0 Å². The van der Waals surface area contributed by atoms with E-state index in [9.17, 15) is 0 Å². The van der Waals surface area contributed by atoms with Crippen LogP contribution in [0.4, 0.5) is 0 Å². The molecule has 0 aliphatic carbocycles. The van der Waals surface area contributed by atoms with Gasteiger partial charge in [-0.2, -0.15) is 4.98 Å². The monoisotopic (exact) mass is 205 g/mol. The predicted octanol–water partition coefficient (Wildman–Crippen LogP) is 1.83. The van der Waals surface area contributed by atoms with Gasteiger partial charge in [-0.15, -0.1) is 11.6 Å². The number of hydrogen-bond donors (Lipinski definition) is 0. The van der Waals surface area contributed by atoms with Crippen LogP contribution in [0.1, 0.15) is 12.6 Å². The van der Waals surface area contributed by atoms with Crippen LogP contribution < -0.4 is 4.74 Å². The molecule has 0 saturated carbocycles. The maximum Gasteiger partial charge on any atom is 0.393 e. The van der Waals surface area contributed by atoms with Crippen molar-refractivity contribution in [3.05, 3.63) is 12.0 Å². The highest BCUT2D eigenvalue weighted by Gasteiger charge is 2.02. The van der Waals surface area contributed by atoms with E-state index >= 15 is 0 Å². The van der Waals surface area contributed by atoms with E-state index in [2.05, 4.69) is 4.98 Å². The van der Waals surface area contributed by atoms with Gasteiger partial charge in [-0.25, -0.2) is 0 Å². The molecule has 1 aromatic heterocycles. The Bertz CT molecular complexity index is 239. The van der Waals surface area contributed by atoms with E-state index < -0.39 is 0 Å². The number of halogens is 1. The molecule has 0 aromatic carbocycles. The van der Waals surface area contributed by atoms with Crippen LogP contribution in [0.25, 0.3) is 0 Å². The molecule has 0 atom stereocenters. The van der Waals surface area contributed by atoms with Crippen molar-refractivity contribution >= 4 is 11.6 Å². The number of alkyl halides is 1. The fourth-order valence-corrected chi connectivity index (χ4v) is 0.871. The van der Waals surface area contributed by atoms with Gasteiger partial charge >= 0.3 is 6.08 Å². The fraction of sp³-hybridized carbons (Fsp3) is 0.625. The Hall–Kier alpha value is -0.740. The molecule has 13 heavy (non-hydrogen) atoms. The first-order valence-corrected chi connectivity index (χ1v) is 4.61. The van der Waals surface area contributed by atoms with Gasteiger partial charge in [0.05, 0.1) is 18.2 Å². The molecule has 74 valence electrons. The molecular formula is C8H12ClNO3. The SMILES string of the molecule is CCOCCOc1nc(CCl)co1. The zero-order valence-electron chi connectivity index (χ0n) is 7.46. The van der Waals surface area contributed by atoms with Crippen LogP contribution in [0.15, 0.2) is 10.7 Å². The van der Waals surface area contributed by atoms with Gasteiger partial charge in [-0.05, 0) is 6.92 Å². The summed E-state index contributed by atoms with van der Waals surface area (Å²) in [7, 11) is 0. The average molecular weight is 206 g/mol. The van der Waals surface area contributed by atoms with Crippen molar-refractivity contribution < 1.29 is 13.9 Å². The van der Waals surface area contributed by atoms with Crippen LogP contribution >= 0.6 is 11.6 Å². The minimum Gasteiger partial charge on any atom is -0.448 e. The molecule has 0 aliphatic rings. The lowest BCUT2D eigenvalue weighted by atomic mass is 10.6. The molecule has 0 N–H and O–H groups in total.